The van der Waals surface area contributed by atoms with Crippen molar-refractivity contribution >= 4 is 200 Å². The molecular formula is C83H57Cl6F7N16O13S4. The molecule has 0 aliphatic carbocycles. The first-order valence-electron chi connectivity index (χ1n) is 36.6. The summed E-state index contributed by atoms with van der Waals surface area (Å²) in [7, 11) is -16.0. The third kappa shape index (κ3) is 20.6. The lowest BCUT2D eigenvalue weighted by atomic mass is 10.0. The molecule has 16 rings (SSSR count). The number of anilines is 4. The second-order valence-electron chi connectivity index (χ2n) is 27.6. The zero-order valence-corrected chi connectivity index (χ0v) is 73.9. The number of hydrogen-bond acceptors (Lipinski definition) is 21. The van der Waals surface area contributed by atoms with Crippen LogP contribution in [-0.2, 0) is 52.4 Å². The maximum absolute atomic E-state index is 13.9. The SMILES string of the molecule is COc1cnc2[nH]ccc2c1C(=O)c1ncc(C)cc1NS(=O)(=O)c1ccc(C)c(C(F)(F)F)c1.Cc1c(Cl)cc(S(=O)(=O)Nc2cc(Cl)cnc2C(=O)c2ccnc3[nH]ccc23)cc1Cl.Cc1ccc(S(=O)(=O)Nc2cc(Cl)cnc2C(=O)c2ccnc3[nH]ccc23)cc1F.O=C(c1ncc(C(F)(F)F)cc1NS(=O)(=O)c1ccc(Cl)c(Cl)c1)c1ccnc2[nH]ccc12. The first-order valence-corrected chi connectivity index (χ1v) is 44.8. The number of aromatic amines is 4. The number of benzene rings is 4. The van der Waals surface area contributed by atoms with Gasteiger partial charge in [-0.1, -0.05) is 81.7 Å². The van der Waals surface area contributed by atoms with E-state index < -0.39 is 109 Å². The Morgan fingerprint density at radius 1 is 0.372 bits per heavy atom. The number of halogens is 13. The van der Waals surface area contributed by atoms with Crippen LogP contribution in [-0.4, -0.2) is 124 Å². The van der Waals surface area contributed by atoms with Gasteiger partial charge < -0.3 is 24.7 Å². The number of ether oxygens (including phenoxy) is 1. The minimum absolute atomic E-state index is 0.0727. The van der Waals surface area contributed by atoms with Gasteiger partial charge in [-0.05, 0) is 171 Å². The molecule has 29 nitrogen and oxygen atoms in total. The molecule has 0 saturated carbocycles. The van der Waals surface area contributed by atoms with E-state index in [4.69, 9.17) is 74.3 Å². The normalized spacial score (nSPS) is 11.9. The lowest BCUT2D eigenvalue weighted by molar-refractivity contribution is -0.138. The van der Waals surface area contributed by atoms with Gasteiger partial charge in [-0.2, -0.15) is 26.3 Å². The second-order valence-corrected chi connectivity index (χ2v) is 36.8. The van der Waals surface area contributed by atoms with E-state index in [1.807, 2.05) is 4.72 Å². The summed E-state index contributed by atoms with van der Waals surface area (Å²) in [6.07, 6.45) is 6.78. The number of carbonyl (C=O) groups excluding carboxylic acids is 4. The Hall–Kier alpha value is -13.0. The summed E-state index contributed by atoms with van der Waals surface area (Å²) >= 11 is 35.8. The van der Waals surface area contributed by atoms with Crippen LogP contribution in [0.4, 0.5) is 53.5 Å². The van der Waals surface area contributed by atoms with Crippen LogP contribution in [0, 0.1) is 33.5 Å². The smallest absolute Gasteiger partial charge is 0.417 e. The van der Waals surface area contributed by atoms with E-state index in [1.165, 1.54) is 137 Å². The molecule has 12 heterocycles. The molecule has 0 atom stereocenters. The third-order valence-corrected chi connectivity index (χ3v) is 26.3. The van der Waals surface area contributed by atoms with Gasteiger partial charge in [-0.3, -0.25) is 43.1 Å². The number of nitrogens with one attached hydrogen (secondary N) is 8. The number of methoxy groups -OCH3 is 1. The van der Waals surface area contributed by atoms with Crippen molar-refractivity contribution in [3.63, 3.8) is 0 Å². The van der Waals surface area contributed by atoms with Gasteiger partial charge in [0.05, 0.1) is 92.4 Å². The molecule has 16 aromatic rings. The monoisotopic (exact) mass is 1960 g/mol. The number of pyridine rings is 8. The highest BCUT2D eigenvalue weighted by Crippen LogP contribution is 2.40. The van der Waals surface area contributed by atoms with Crippen LogP contribution in [0.25, 0.3) is 44.1 Å². The van der Waals surface area contributed by atoms with Gasteiger partial charge in [0.1, 0.15) is 56.9 Å². The van der Waals surface area contributed by atoms with Crippen molar-refractivity contribution in [2.24, 2.45) is 0 Å². The number of rotatable bonds is 21. The van der Waals surface area contributed by atoms with Crippen LogP contribution in [0.2, 0.25) is 30.1 Å². The second kappa shape index (κ2) is 37.3. The molecule has 0 aliphatic rings. The zero-order valence-electron chi connectivity index (χ0n) is 66.1. The standard InChI is InChI=1S/C23H19F3N4O4S.C20H13Cl3N4O3S.C20H11Cl2F3N4O3S.C20H14ClFN4O3S/c1-12-8-17(30-35(32,33)14-5-4-13(2)16(9-14)23(24,25)26)20(28-10-12)21(31)19-15-6-7-27-22(15)29-11-18(19)34-3;1-10-15(22)7-12(8-16(10)23)31(29,30)27-17-6-11(21)9-26-18(17)19(28)13-2-4-24-20-14(13)3-5-25-20;21-14-2-1-11(8-15(14)22)33(31,32)29-16-7-10(20(23,24)25)9-28-17(16)18(30)12-3-5-26-19-13(12)4-6-27-19;1-11-2-3-13(9-16(11)22)30(28,29)26-17-8-12(21)10-25-18(17)19(27)14-4-6-23-20-15(14)5-7-24-20/h4-11,30H,1-3H3,(H,27,29);2-9,27H,1H3,(H,24,25);1-9,29H,(H,26,27);2-10,26H,1H3,(H,23,24). The number of aromatic nitrogens is 12. The van der Waals surface area contributed by atoms with Crippen molar-refractivity contribution in [1.29, 1.82) is 0 Å². The first kappa shape index (κ1) is 93.6. The molecule has 4 aromatic carbocycles. The van der Waals surface area contributed by atoms with Crippen LogP contribution >= 0.6 is 69.6 Å². The number of nitrogens with zero attached hydrogens (tertiary/aromatic N) is 8. The fourth-order valence-electron chi connectivity index (χ4n) is 12.5. The van der Waals surface area contributed by atoms with Crippen molar-refractivity contribution in [3.05, 3.63) is 322 Å². The predicted molar refractivity (Wildman–Crippen MR) is 470 cm³/mol. The molecule has 0 bridgehead atoms. The summed E-state index contributed by atoms with van der Waals surface area (Å²) in [6.45, 7) is 6.05. The van der Waals surface area contributed by atoms with Crippen molar-refractivity contribution < 1.29 is 88.3 Å². The molecule has 0 aliphatic heterocycles. The number of H-pyrrole nitrogens is 4. The Labute approximate surface area is 755 Å². The average Bonchev–Trinajstić information content (AvgIpc) is 1.29. The molecule has 0 saturated heterocycles. The highest BCUT2D eigenvalue weighted by atomic mass is 35.5. The number of fused-ring (bicyclic) bond motifs is 4. The van der Waals surface area contributed by atoms with Gasteiger partial charge in [-0.25, -0.2) is 72.9 Å². The third-order valence-electron chi connectivity index (χ3n) is 18.9. The molecule has 0 spiro atoms. The lowest BCUT2D eigenvalue weighted by Crippen LogP contribution is -2.19. The van der Waals surface area contributed by atoms with Crippen LogP contribution in [0.15, 0.2) is 227 Å². The largest absolute Gasteiger partial charge is 0.494 e. The molecule has 0 radical (unpaired) electrons. The number of alkyl halides is 6. The summed E-state index contributed by atoms with van der Waals surface area (Å²) in [5.41, 5.74) is -0.572. The Morgan fingerprint density at radius 3 is 1.19 bits per heavy atom. The fraction of sp³-hybridized carbons (Fsp3) is 0.0843. The molecule has 0 fully saturated rings. The van der Waals surface area contributed by atoms with Crippen molar-refractivity contribution in [2.45, 2.75) is 59.6 Å². The lowest BCUT2D eigenvalue weighted by Gasteiger charge is -2.15. The Bertz CT molecular complexity index is 7700. The summed E-state index contributed by atoms with van der Waals surface area (Å²) in [4.78, 5) is 95.7. The Balaban J connectivity index is 0.000000147. The fourth-order valence-corrected chi connectivity index (χ4v) is 18.1. The van der Waals surface area contributed by atoms with E-state index in [-0.39, 0.29) is 107 Å². The number of hydrogen-bond donors (Lipinski definition) is 8. The molecule has 0 unspecified atom stereocenters. The summed E-state index contributed by atoms with van der Waals surface area (Å²) in [6, 6.07) is 27.6. The van der Waals surface area contributed by atoms with E-state index in [1.54, 1.807) is 56.7 Å². The first-order chi connectivity index (χ1) is 60.8. The average molecular weight is 1960 g/mol. The van der Waals surface area contributed by atoms with E-state index in [0.29, 0.717) is 84.7 Å². The molecule has 662 valence electrons. The maximum atomic E-state index is 13.9. The van der Waals surface area contributed by atoms with Crippen molar-refractivity contribution in [1.82, 2.24) is 59.8 Å². The maximum Gasteiger partial charge on any atom is 0.417 e. The molecule has 46 heteroatoms. The molecular weight excluding hydrogens is 1900 g/mol. The van der Waals surface area contributed by atoms with Crippen molar-refractivity contribution in [3.8, 4) is 5.75 Å². The zero-order chi connectivity index (χ0) is 93.3. The number of carbonyl (C=O) groups is 4. The minimum Gasteiger partial charge on any atom is -0.494 e. The minimum atomic E-state index is -4.83. The Kier molecular flexibility index (Phi) is 27.1. The van der Waals surface area contributed by atoms with E-state index >= 15 is 0 Å². The molecule has 0 amide bonds. The number of sulfonamides is 4. The van der Waals surface area contributed by atoms with E-state index in [2.05, 4.69) is 74.0 Å². The quantitative estimate of drug-likeness (QED) is 0.0245. The highest BCUT2D eigenvalue weighted by molar-refractivity contribution is 7.93. The molecule has 8 N–H and O–H groups in total. The van der Waals surface area contributed by atoms with Crippen LogP contribution in [0.5, 0.6) is 5.75 Å². The van der Waals surface area contributed by atoms with Gasteiger partial charge in [0, 0.05) is 116 Å². The van der Waals surface area contributed by atoms with E-state index in [0.717, 1.165) is 30.3 Å². The molecule has 12 aromatic heterocycles. The summed E-state index contributed by atoms with van der Waals surface area (Å²) < 4.78 is 211. The van der Waals surface area contributed by atoms with Gasteiger partial charge in [0.2, 0.25) is 23.1 Å². The topological polar surface area (TPSA) is 428 Å². The number of ketones is 4. The van der Waals surface area contributed by atoms with Crippen LogP contribution in [0.3, 0.4) is 0 Å². The van der Waals surface area contributed by atoms with Crippen LogP contribution in [0.1, 0.15) is 97.6 Å². The van der Waals surface area contributed by atoms with Crippen LogP contribution < -0.4 is 23.6 Å². The summed E-state index contributed by atoms with van der Waals surface area (Å²) in [5.74, 6) is -3.00. The summed E-state index contributed by atoms with van der Waals surface area (Å²) in [5, 5.41) is 2.63. The Morgan fingerprint density at radius 2 is 0.752 bits per heavy atom. The van der Waals surface area contributed by atoms with Gasteiger partial charge >= 0.3 is 12.4 Å². The van der Waals surface area contributed by atoms with Crippen molar-refractivity contribution in [2.75, 3.05) is 26.0 Å². The highest BCUT2D eigenvalue weighted by Gasteiger charge is 2.37. The van der Waals surface area contributed by atoms with Gasteiger partial charge in [-0.15, -0.1) is 0 Å². The predicted octanol–water partition coefficient (Wildman–Crippen LogP) is 19.3. The van der Waals surface area contributed by atoms with Gasteiger partial charge in [0.25, 0.3) is 40.1 Å². The van der Waals surface area contributed by atoms with E-state index in [9.17, 15) is 83.6 Å². The van der Waals surface area contributed by atoms with Gasteiger partial charge in [0.15, 0.2) is 0 Å². The molecule has 129 heavy (non-hydrogen) atoms. The number of aryl methyl sites for hydroxylation is 3.